The van der Waals surface area contributed by atoms with Gasteiger partial charge in [0.15, 0.2) is 5.82 Å². The molecule has 1 aliphatic rings. The summed E-state index contributed by atoms with van der Waals surface area (Å²) in [7, 11) is 0. The molecule has 1 aliphatic carbocycles. The van der Waals surface area contributed by atoms with Crippen molar-refractivity contribution in [1.82, 2.24) is 24.8 Å². The Morgan fingerprint density at radius 2 is 2.09 bits per heavy atom. The van der Waals surface area contributed by atoms with Crippen molar-refractivity contribution in [2.75, 3.05) is 6.54 Å². The van der Waals surface area contributed by atoms with E-state index in [0.717, 1.165) is 11.5 Å². The summed E-state index contributed by atoms with van der Waals surface area (Å²) in [5, 5.41) is 3.00. The molecular weight excluding hydrogens is 278 g/mol. The molecule has 6 nitrogen and oxygen atoms in total. The maximum atomic E-state index is 11.9. The highest BCUT2D eigenvalue weighted by Gasteiger charge is 2.18. The molecule has 0 atom stereocenters. The molecule has 3 rings (SSSR count). The molecular formula is C16H21N5O. The minimum absolute atomic E-state index is 0.160. The molecule has 0 radical (unpaired) electrons. The van der Waals surface area contributed by atoms with Crippen molar-refractivity contribution in [3.05, 3.63) is 31.0 Å². The first-order chi connectivity index (χ1) is 10.8. The van der Waals surface area contributed by atoms with Crippen molar-refractivity contribution in [3.8, 4) is 11.5 Å². The fourth-order valence-corrected chi connectivity index (χ4v) is 3.00. The number of aromatic nitrogens is 4. The summed E-state index contributed by atoms with van der Waals surface area (Å²) < 4.78 is 1.99. The summed E-state index contributed by atoms with van der Waals surface area (Å²) in [6, 6.07) is 0. The normalized spacial score (nSPS) is 15.1. The maximum Gasteiger partial charge on any atom is 0.220 e. The Labute approximate surface area is 130 Å². The molecule has 0 aliphatic heterocycles. The molecule has 1 saturated carbocycles. The average molecular weight is 299 g/mol. The van der Waals surface area contributed by atoms with E-state index in [0.29, 0.717) is 25.4 Å². The van der Waals surface area contributed by atoms with Crippen LogP contribution in [0, 0.1) is 5.92 Å². The van der Waals surface area contributed by atoms with E-state index in [1.165, 1.54) is 25.7 Å². The van der Waals surface area contributed by atoms with Crippen LogP contribution in [0.1, 0.15) is 32.1 Å². The summed E-state index contributed by atoms with van der Waals surface area (Å²) >= 11 is 0. The molecule has 0 aromatic carbocycles. The van der Waals surface area contributed by atoms with Gasteiger partial charge in [0.25, 0.3) is 0 Å². The number of rotatable bonds is 6. The summed E-state index contributed by atoms with van der Waals surface area (Å²) in [5.74, 6) is 1.52. The summed E-state index contributed by atoms with van der Waals surface area (Å²) in [4.78, 5) is 24.6. The Hall–Kier alpha value is -2.24. The van der Waals surface area contributed by atoms with E-state index in [2.05, 4.69) is 20.3 Å². The lowest BCUT2D eigenvalue weighted by Crippen LogP contribution is -2.28. The lowest BCUT2D eigenvalue weighted by Gasteiger charge is -2.11. The van der Waals surface area contributed by atoms with Crippen LogP contribution in [0.5, 0.6) is 0 Å². The predicted octanol–water partition coefficient (Wildman–Crippen LogP) is 2.04. The summed E-state index contributed by atoms with van der Waals surface area (Å²) in [6.07, 6.45) is 14.2. The fourth-order valence-electron chi connectivity index (χ4n) is 3.00. The van der Waals surface area contributed by atoms with Crippen LogP contribution in [0.3, 0.4) is 0 Å². The van der Waals surface area contributed by atoms with Gasteiger partial charge in [-0.15, -0.1) is 0 Å². The van der Waals surface area contributed by atoms with Crippen molar-refractivity contribution < 1.29 is 4.79 Å². The van der Waals surface area contributed by atoms with Crippen LogP contribution in [0.2, 0.25) is 0 Å². The van der Waals surface area contributed by atoms with E-state index >= 15 is 0 Å². The third-order valence-corrected chi connectivity index (χ3v) is 4.13. The zero-order valence-corrected chi connectivity index (χ0v) is 12.6. The number of imidazole rings is 1. The standard InChI is InChI=1S/C16H21N5O/c22-15(11-13-3-1-2-4-13)19-7-9-21-10-8-20-16(21)14-12-17-5-6-18-14/h5-6,8,10,12-13H,1-4,7,9,11H2,(H,19,22). The molecule has 22 heavy (non-hydrogen) atoms. The Balaban J connectivity index is 1.50. The average Bonchev–Trinajstić information content (AvgIpc) is 3.20. The van der Waals surface area contributed by atoms with Crippen molar-refractivity contribution in [1.29, 1.82) is 0 Å². The molecule has 2 aromatic rings. The minimum Gasteiger partial charge on any atom is -0.354 e. The molecule has 0 unspecified atom stereocenters. The van der Waals surface area contributed by atoms with Crippen LogP contribution in [0.25, 0.3) is 11.5 Å². The molecule has 0 spiro atoms. The van der Waals surface area contributed by atoms with Crippen LogP contribution in [0.15, 0.2) is 31.0 Å². The van der Waals surface area contributed by atoms with Crippen LogP contribution >= 0.6 is 0 Å². The second kappa shape index (κ2) is 7.15. The number of amides is 1. The first-order valence-electron chi connectivity index (χ1n) is 7.87. The Morgan fingerprint density at radius 3 is 2.86 bits per heavy atom. The molecule has 1 fully saturated rings. The number of hydrogen-bond donors (Lipinski definition) is 1. The van der Waals surface area contributed by atoms with Gasteiger partial charge in [-0.2, -0.15) is 0 Å². The highest BCUT2D eigenvalue weighted by atomic mass is 16.1. The maximum absolute atomic E-state index is 11.9. The van der Waals surface area contributed by atoms with Crippen LogP contribution in [-0.2, 0) is 11.3 Å². The van der Waals surface area contributed by atoms with E-state index in [1.807, 2.05) is 10.8 Å². The summed E-state index contributed by atoms with van der Waals surface area (Å²) in [6.45, 7) is 1.29. The van der Waals surface area contributed by atoms with Crippen molar-refractivity contribution in [2.45, 2.75) is 38.6 Å². The Bertz CT molecular complexity index is 604. The van der Waals surface area contributed by atoms with Gasteiger partial charge in [-0.1, -0.05) is 12.8 Å². The molecule has 0 bridgehead atoms. The first-order valence-corrected chi connectivity index (χ1v) is 7.87. The van der Waals surface area contributed by atoms with Gasteiger partial charge in [-0.3, -0.25) is 9.78 Å². The van der Waals surface area contributed by atoms with Gasteiger partial charge in [-0.25, -0.2) is 9.97 Å². The van der Waals surface area contributed by atoms with Crippen LogP contribution < -0.4 is 5.32 Å². The SMILES string of the molecule is O=C(CC1CCCC1)NCCn1ccnc1-c1cnccn1. The van der Waals surface area contributed by atoms with Crippen LogP contribution in [-0.4, -0.2) is 32.0 Å². The summed E-state index contributed by atoms with van der Waals surface area (Å²) in [5.41, 5.74) is 0.741. The van der Waals surface area contributed by atoms with E-state index < -0.39 is 0 Å². The highest BCUT2D eigenvalue weighted by molar-refractivity contribution is 5.76. The number of carbonyl (C=O) groups is 1. The highest BCUT2D eigenvalue weighted by Crippen LogP contribution is 2.27. The predicted molar refractivity (Wildman–Crippen MR) is 82.8 cm³/mol. The third kappa shape index (κ3) is 3.69. The van der Waals surface area contributed by atoms with Crippen molar-refractivity contribution in [2.24, 2.45) is 5.92 Å². The molecule has 1 amide bonds. The van der Waals surface area contributed by atoms with Gasteiger partial charge < -0.3 is 9.88 Å². The fraction of sp³-hybridized carbons (Fsp3) is 0.500. The number of nitrogens with one attached hydrogen (secondary N) is 1. The van der Waals surface area contributed by atoms with Crippen molar-refractivity contribution in [3.63, 3.8) is 0 Å². The largest absolute Gasteiger partial charge is 0.354 e. The van der Waals surface area contributed by atoms with Crippen LogP contribution in [0.4, 0.5) is 0 Å². The molecule has 0 saturated heterocycles. The first kappa shape index (κ1) is 14.7. The smallest absolute Gasteiger partial charge is 0.220 e. The minimum atomic E-state index is 0.160. The Morgan fingerprint density at radius 1 is 1.23 bits per heavy atom. The molecule has 116 valence electrons. The van der Waals surface area contributed by atoms with Gasteiger partial charge in [-0.05, 0) is 18.8 Å². The lowest BCUT2D eigenvalue weighted by molar-refractivity contribution is -0.122. The molecule has 2 aromatic heterocycles. The topological polar surface area (TPSA) is 72.7 Å². The number of hydrogen-bond acceptors (Lipinski definition) is 4. The van der Waals surface area contributed by atoms with E-state index in [-0.39, 0.29) is 5.91 Å². The number of carbonyl (C=O) groups excluding carboxylic acids is 1. The third-order valence-electron chi connectivity index (χ3n) is 4.13. The second-order valence-corrected chi connectivity index (χ2v) is 5.74. The molecule has 6 heteroatoms. The van der Waals surface area contributed by atoms with Gasteiger partial charge in [0.1, 0.15) is 5.69 Å². The van der Waals surface area contributed by atoms with Gasteiger partial charge in [0.05, 0.1) is 6.20 Å². The second-order valence-electron chi connectivity index (χ2n) is 5.74. The molecule has 1 N–H and O–H groups in total. The van der Waals surface area contributed by atoms with Crippen molar-refractivity contribution >= 4 is 5.91 Å². The zero-order chi connectivity index (χ0) is 15.2. The zero-order valence-electron chi connectivity index (χ0n) is 12.6. The molecule has 2 heterocycles. The van der Waals surface area contributed by atoms with Gasteiger partial charge in [0.2, 0.25) is 5.91 Å². The lowest BCUT2D eigenvalue weighted by atomic mass is 10.0. The monoisotopic (exact) mass is 299 g/mol. The number of nitrogens with zero attached hydrogens (tertiary/aromatic N) is 4. The van der Waals surface area contributed by atoms with Gasteiger partial charge in [0, 0.05) is 44.3 Å². The van der Waals surface area contributed by atoms with E-state index in [4.69, 9.17) is 0 Å². The van der Waals surface area contributed by atoms with Gasteiger partial charge >= 0.3 is 0 Å². The quantitative estimate of drug-likeness (QED) is 0.886. The Kier molecular flexibility index (Phi) is 4.78. The van der Waals surface area contributed by atoms with E-state index in [9.17, 15) is 4.79 Å². The van der Waals surface area contributed by atoms with E-state index in [1.54, 1.807) is 24.8 Å².